The molecule has 0 saturated heterocycles. The predicted molar refractivity (Wildman–Crippen MR) is 47.9 cm³/mol. The van der Waals surface area contributed by atoms with Crippen LogP contribution in [-0.4, -0.2) is 11.6 Å². The highest BCUT2D eigenvalue weighted by molar-refractivity contribution is 6.31. The molecule has 1 aliphatic rings. The SMILES string of the molecule is Cc1cc2c(c(Cl)n1)OCC2C. The zero-order valence-corrected chi connectivity index (χ0v) is 7.85. The van der Waals surface area contributed by atoms with E-state index < -0.39 is 0 Å². The van der Waals surface area contributed by atoms with E-state index >= 15 is 0 Å². The first-order chi connectivity index (χ1) is 5.68. The highest BCUT2D eigenvalue weighted by atomic mass is 35.5. The molecule has 3 heteroatoms. The fourth-order valence-electron chi connectivity index (χ4n) is 1.45. The van der Waals surface area contributed by atoms with Crippen LogP contribution in [0.2, 0.25) is 5.15 Å². The Balaban J connectivity index is 2.60. The van der Waals surface area contributed by atoms with Gasteiger partial charge in [0, 0.05) is 17.2 Å². The molecule has 0 aromatic carbocycles. The largest absolute Gasteiger partial charge is 0.489 e. The Hall–Kier alpha value is -0.760. The number of fused-ring (bicyclic) bond motifs is 1. The Labute approximate surface area is 76.5 Å². The topological polar surface area (TPSA) is 22.1 Å². The van der Waals surface area contributed by atoms with Crippen LogP contribution in [0.3, 0.4) is 0 Å². The lowest BCUT2D eigenvalue weighted by atomic mass is 10.0. The summed E-state index contributed by atoms with van der Waals surface area (Å²) in [5, 5.41) is 0.495. The van der Waals surface area contributed by atoms with E-state index in [9.17, 15) is 0 Å². The third kappa shape index (κ3) is 1.07. The molecule has 1 aromatic rings. The minimum atomic E-state index is 0.444. The summed E-state index contributed by atoms with van der Waals surface area (Å²) >= 11 is 5.90. The lowest BCUT2D eigenvalue weighted by Crippen LogP contribution is -1.93. The van der Waals surface area contributed by atoms with Crippen molar-refractivity contribution in [1.82, 2.24) is 4.98 Å². The minimum Gasteiger partial charge on any atom is -0.489 e. The van der Waals surface area contributed by atoms with Gasteiger partial charge in [-0.2, -0.15) is 0 Å². The number of rotatable bonds is 0. The van der Waals surface area contributed by atoms with Gasteiger partial charge in [-0.3, -0.25) is 0 Å². The fraction of sp³-hybridized carbons (Fsp3) is 0.444. The third-order valence-corrected chi connectivity index (χ3v) is 2.35. The highest BCUT2D eigenvalue weighted by Gasteiger charge is 2.23. The van der Waals surface area contributed by atoms with Crippen molar-refractivity contribution in [2.24, 2.45) is 0 Å². The Kier molecular flexibility index (Phi) is 1.72. The lowest BCUT2D eigenvalue weighted by Gasteiger charge is -2.02. The van der Waals surface area contributed by atoms with Crippen molar-refractivity contribution in [2.45, 2.75) is 19.8 Å². The zero-order chi connectivity index (χ0) is 8.72. The number of aromatic nitrogens is 1. The molecule has 2 heterocycles. The maximum absolute atomic E-state index is 5.90. The first-order valence-electron chi connectivity index (χ1n) is 3.98. The van der Waals surface area contributed by atoms with Crippen LogP contribution in [0.4, 0.5) is 0 Å². The maximum atomic E-state index is 5.90. The molecule has 1 aromatic heterocycles. The second-order valence-corrected chi connectivity index (χ2v) is 3.54. The van der Waals surface area contributed by atoms with Crippen molar-refractivity contribution >= 4 is 11.6 Å². The van der Waals surface area contributed by atoms with Gasteiger partial charge >= 0.3 is 0 Å². The predicted octanol–water partition coefficient (Wildman–Crippen LogP) is 2.54. The summed E-state index contributed by atoms with van der Waals surface area (Å²) in [5.74, 6) is 1.22. The van der Waals surface area contributed by atoms with Gasteiger partial charge in [-0.15, -0.1) is 0 Å². The maximum Gasteiger partial charge on any atom is 0.171 e. The monoisotopic (exact) mass is 183 g/mol. The smallest absolute Gasteiger partial charge is 0.171 e. The standard InChI is InChI=1S/C9H10ClNO/c1-5-4-12-8-7(5)3-6(2)11-9(8)10/h3,5H,4H2,1-2H3. The first-order valence-corrected chi connectivity index (χ1v) is 4.36. The lowest BCUT2D eigenvalue weighted by molar-refractivity contribution is 0.336. The van der Waals surface area contributed by atoms with Gasteiger partial charge in [0.25, 0.3) is 0 Å². The molecular formula is C9H10ClNO. The van der Waals surface area contributed by atoms with Crippen molar-refractivity contribution in [3.05, 3.63) is 22.5 Å². The van der Waals surface area contributed by atoms with Gasteiger partial charge in [0.05, 0.1) is 6.61 Å². The molecule has 64 valence electrons. The summed E-state index contributed by atoms with van der Waals surface area (Å²) in [4.78, 5) is 4.12. The van der Waals surface area contributed by atoms with E-state index in [4.69, 9.17) is 16.3 Å². The number of nitrogens with zero attached hydrogens (tertiary/aromatic N) is 1. The summed E-state index contributed by atoms with van der Waals surface area (Å²) in [6, 6.07) is 2.04. The van der Waals surface area contributed by atoms with E-state index in [-0.39, 0.29) is 0 Å². The molecule has 0 aliphatic carbocycles. The van der Waals surface area contributed by atoms with E-state index in [0.29, 0.717) is 11.1 Å². The van der Waals surface area contributed by atoms with Gasteiger partial charge in [-0.1, -0.05) is 18.5 Å². The molecule has 0 fully saturated rings. The zero-order valence-electron chi connectivity index (χ0n) is 7.10. The Morgan fingerprint density at radius 1 is 1.67 bits per heavy atom. The number of ether oxygens (including phenoxy) is 1. The average molecular weight is 184 g/mol. The molecule has 12 heavy (non-hydrogen) atoms. The van der Waals surface area contributed by atoms with Crippen molar-refractivity contribution in [1.29, 1.82) is 0 Å². The van der Waals surface area contributed by atoms with Crippen LogP contribution in [0.1, 0.15) is 24.1 Å². The van der Waals surface area contributed by atoms with Gasteiger partial charge < -0.3 is 4.74 Å². The normalized spacial score (nSPS) is 20.4. The Morgan fingerprint density at radius 3 is 3.17 bits per heavy atom. The highest BCUT2D eigenvalue weighted by Crippen LogP contribution is 2.38. The number of hydrogen-bond donors (Lipinski definition) is 0. The minimum absolute atomic E-state index is 0.444. The van der Waals surface area contributed by atoms with E-state index in [2.05, 4.69) is 11.9 Å². The quantitative estimate of drug-likeness (QED) is 0.577. The van der Waals surface area contributed by atoms with Crippen LogP contribution >= 0.6 is 11.6 Å². The molecule has 0 saturated carbocycles. The molecule has 1 aliphatic heterocycles. The van der Waals surface area contributed by atoms with Crippen LogP contribution in [0.15, 0.2) is 6.07 Å². The number of pyridine rings is 1. The number of aryl methyl sites for hydroxylation is 1. The van der Waals surface area contributed by atoms with E-state index in [1.54, 1.807) is 0 Å². The molecule has 0 N–H and O–H groups in total. The van der Waals surface area contributed by atoms with Crippen molar-refractivity contribution in [2.75, 3.05) is 6.61 Å². The van der Waals surface area contributed by atoms with Crippen LogP contribution in [0.25, 0.3) is 0 Å². The molecule has 1 unspecified atom stereocenters. The number of halogens is 1. The summed E-state index contributed by atoms with van der Waals surface area (Å²) in [6.45, 7) is 4.79. The summed E-state index contributed by atoms with van der Waals surface area (Å²) in [6.07, 6.45) is 0. The summed E-state index contributed by atoms with van der Waals surface area (Å²) < 4.78 is 5.40. The van der Waals surface area contributed by atoms with Gasteiger partial charge in [0.15, 0.2) is 10.9 Å². The first kappa shape index (κ1) is 7.87. The van der Waals surface area contributed by atoms with Crippen LogP contribution in [0.5, 0.6) is 5.75 Å². The van der Waals surface area contributed by atoms with Crippen LogP contribution < -0.4 is 4.74 Å². The summed E-state index contributed by atoms with van der Waals surface area (Å²) in [7, 11) is 0. The van der Waals surface area contributed by atoms with Crippen LogP contribution in [0, 0.1) is 6.92 Å². The van der Waals surface area contributed by atoms with Crippen LogP contribution in [-0.2, 0) is 0 Å². The van der Waals surface area contributed by atoms with Crippen molar-refractivity contribution in [3.8, 4) is 5.75 Å². The van der Waals surface area contributed by atoms with Gasteiger partial charge in [-0.05, 0) is 13.0 Å². The molecule has 2 nitrogen and oxygen atoms in total. The van der Waals surface area contributed by atoms with Gasteiger partial charge in [0.2, 0.25) is 0 Å². The molecule has 2 rings (SSSR count). The molecule has 1 atom stereocenters. The Morgan fingerprint density at radius 2 is 2.42 bits per heavy atom. The third-order valence-electron chi connectivity index (χ3n) is 2.10. The molecule has 0 amide bonds. The summed E-state index contributed by atoms with van der Waals surface area (Å²) in [5.41, 5.74) is 2.14. The average Bonchev–Trinajstić information content (AvgIpc) is 2.33. The molecule has 0 bridgehead atoms. The number of hydrogen-bond acceptors (Lipinski definition) is 2. The van der Waals surface area contributed by atoms with Gasteiger partial charge in [-0.25, -0.2) is 4.98 Å². The van der Waals surface area contributed by atoms with E-state index in [1.165, 1.54) is 5.56 Å². The molecule has 0 radical (unpaired) electrons. The van der Waals surface area contributed by atoms with Gasteiger partial charge in [0.1, 0.15) is 0 Å². The second kappa shape index (κ2) is 2.63. The molecule has 0 spiro atoms. The Bertz CT molecular complexity index is 325. The molecular weight excluding hydrogens is 174 g/mol. The van der Waals surface area contributed by atoms with E-state index in [0.717, 1.165) is 18.1 Å². The fourth-order valence-corrected chi connectivity index (χ4v) is 1.75. The van der Waals surface area contributed by atoms with Crippen molar-refractivity contribution in [3.63, 3.8) is 0 Å². The van der Waals surface area contributed by atoms with Crippen molar-refractivity contribution < 1.29 is 4.74 Å². The second-order valence-electron chi connectivity index (χ2n) is 3.18. The van der Waals surface area contributed by atoms with E-state index in [1.807, 2.05) is 13.0 Å².